The van der Waals surface area contributed by atoms with E-state index in [1.807, 2.05) is 12.1 Å². The van der Waals surface area contributed by atoms with Crippen molar-refractivity contribution in [1.82, 2.24) is 10.0 Å². The Morgan fingerprint density at radius 1 is 1.14 bits per heavy atom. The first-order valence-corrected chi connectivity index (χ1v) is 10.6. The Hall–Kier alpha value is -2.58. The average Bonchev–Trinajstić information content (AvgIpc) is 3.48. The number of nitrogens with one attached hydrogen (secondary N) is 2. The van der Waals surface area contributed by atoms with Gasteiger partial charge in [-0.1, -0.05) is 18.2 Å². The van der Waals surface area contributed by atoms with E-state index in [0.717, 1.165) is 12.8 Å². The Kier molecular flexibility index (Phi) is 6.21. The van der Waals surface area contributed by atoms with Crippen molar-refractivity contribution in [3.05, 3.63) is 53.6 Å². The maximum absolute atomic E-state index is 12.5. The number of benzene rings is 2. The van der Waals surface area contributed by atoms with Gasteiger partial charge in [0.2, 0.25) is 10.0 Å². The largest absolute Gasteiger partial charge is 0.493 e. The van der Waals surface area contributed by atoms with Crippen LogP contribution in [0.1, 0.15) is 28.8 Å². The lowest BCUT2D eigenvalue weighted by Crippen LogP contribution is -2.29. The molecule has 1 saturated carbocycles. The first-order valence-electron chi connectivity index (χ1n) is 9.07. The highest BCUT2D eigenvalue weighted by Crippen LogP contribution is 2.25. The van der Waals surface area contributed by atoms with Crippen LogP contribution in [0.15, 0.2) is 47.4 Å². The first-order chi connectivity index (χ1) is 13.4. The number of methoxy groups -OCH3 is 1. The third kappa shape index (κ3) is 5.02. The van der Waals surface area contributed by atoms with E-state index in [0.29, 0.717) is 22.6 Å². The van der Waals surface area contributed by atoms with Crippen LogP contribution in [0.2, 0.25) is 0 Å². The third-order valence-corrected chi connectivity index (χ3v) is 5.90. The summed E-state index contributed by atoms with van der Waals surface area (Å²) in [7, 11) is -2.05. The molecule has 0 aromatic heterocycles. The molecule has 7 nitrogen and oxygen atoms in total. The van der Waals surface area contributed by atoms with Gasteiger partial charge in [-0.2, -0.15) is 0 Å². The van der Waals surface area contributed by atoms with Crippen LogP contribution in [0.5, 0.6) is 11.5 Å². The van der Waals surface area contributed by atoms with Crippen molar-refractivity contribution in [3.63, 3.8) is 0 Å². The molecule has 0 unspecified atom stereocenters. The van der Waals surface area contributed by atoms with E-state index < -0.39 is 10.0 Å². The highest BCUT2D eigenvalue weighted by molar-refractivity contribution is 7.89. The van der Waals surface area contributed by atoms with Gasteiger partial charge in [0.05, 0.1) is 18.6 Å². The van der Waals surface area contributed by atoms with E-state index in [-0.39, 0.29) is 30.0 Å². The molecule has 0 heterocycles. The molecule has 2 N–H and O–H groups in total. The fourth-order valence-electron chi connectivity index (χ4n) is 2.66. The van der Waals surface area contributed by atoms with Crippen molar-refractivity contribution < 1.29 is 22.7 Å². The SMILES string of the molecule is COc1ccccc1OCCNC(=O)c1cc(S(=O)(=O)NC2CC2)ccc1C. The molecule has 0 radical (unpaired) electrons. The van der Waals surface area contributed by atoms with Crippen LogP contribution in [0.25, 0.3) is 0 Å². The lowest BCUT2D eigenvalue weighted by Gasteiger charge is -2.12. The summed E-state index contributed by atoms with van der Waals surface area (Å²) < 4.78 is 38.2. The second-order valence-corrected chi connectivity index (χ2v) is 8.34. The molecule has 0 saturated heterocycles. The average molecular weight is 404 g/mol. The van der Waals surface area contributed by atoms with Gasteiger partial charge in [0, 0.05) is 11.6 Å². The predicted octanol–water partition coefficient (Wildman–Crippen LogP) is 2.25. The van der Waals surface area contributed by atoms with Crippen molar-refractivity contribution in [2.45, 2.75) is 30.7 Å². The van der Waals surface area contributed by atoms with Gasteiger partial charge in [-0.05, 0) is 49.6 Å². The number of hydrogen-bond acceptors (Lipinski definition) is 5. The number of carbonyl (C=O) groups excluding carboxylic acids is 1. The molecule has 2 aromatic rings. The second kappa shape index (κ2) is 8.62. The van der Waals surface area contributed by atoms with E-state index in [1.165, 1.54) is 12.1 Å². The molecule has 1 aliphatic rings. The quantitative estimate of drug-likeness (QED) is 0.625. The smallest absolute Gasteiger partial charge is 0.251 e. The summed E-state index contributed by atoms with van der Waals surface area (Å²) in [5.41, 5.74) is 1.03. The van der Waals surface area contributed by atoms with Crippen molar-refractivity contribution in [2.75, 3.05) is 20.3 Å². The summed E-state index contributed by atoms with van der Waals surface area (Å²) in [4.78, 5) is 12.6. The molecule has 1 fully saturated rings. The zero-order chi connectivity index (χ0) is 20.1. The van der Waals surface area contributed by atoms with Gasteiger partial charge < -0.3 is 14.8 Å². The van der Waals surface area contributed by atoms with E-state index >= 15 is 0 Å². The van der Waals surface area contributed by atoms with Crippen LogP contribution in [0.4, 0.5) is 0 Å². The minimum atomic E-state index is -3.61. The third-order valence-electron chi connectivity index (χ3n) is 4.38. The summed E-state index contributed by atoms with van der Waals surface area (Å²) in [6.45, 7) is 2.30. The van der Waals surface area contributed by atoms with Crippen LogP contribution >= 0.6 is 0 Å². The van der Waals surface area contributed by atoms with E-state index in [1.54, 1.807) is 32.2 Å². The van der Waals surface area contributed by atoms with Gasteiger partial charge in [-0.15, -0.1) is 0 Å². The van der Waals surface area contributed by atoms with Gasteiger partial charge >= 0.3 is 0 Å². The van der Waals surface area contributed by atoms with Crippen molar-refractivity contribution >= 4 is 15.9 Å². The molecular formula is C20H24N2O5S. The van der Waals surface area contributed by atoms with Crippen LogP contribution in [0.3, 0.4) is 0 Å². The Morgan fingerprint density at radius 3 is 2.54 bits per heavy atom. The van der Waals surface area contributed by atoms with E-state index in [4.69, 9.17) is 9.47 Å². The van der Waals surface area contributed by atoms with Crippen LogP contribution < -0.4 is 19.5 Å². The molecule has 1 amide bonds. The number of rotatable bonds is 9. The lowest BCUT2D eigenvalue weighted by molar-refractivity contribution is 0.0946. The minimum absolute atomic E-state index is 0.00991. The number of hydrogen-bond donors (Lipinski definition) is 2. The molecule has 28 heavy (non-hydrogen) atoms. The molecule has 0 atom stereocenters. The normalized spacial score (nSPS) is 13.8. The Morgan fingerprint density at radius 2 is 1.86 bits per heavy atom. The van der Waals surface area contributed by atoms with Crippen LogP contribution in [-0.4, -0.2) is 40.6 Å². The molecular weight excluding hydrogens is 380 g/mol. The number of sulfonamides is 1. The Balaban J connectivity index is 1.60. The molecule has 3 rings (SSSR count). The molecule has 8 heteroatoms. The van der Waals surface area contributed by atoms with E-state index in [2.05, 4.69) is 10.0 Å². The first kappa shape index (κ1) is 20.2. The number of ether oxygens (including phenoxy) is 2. The van der Waals surface area contributed by atoms with Gasteiger partial charge in [-0.25, -0.2) is 13.1 Å². The van der Waals surface area contributed by atoms with Crippen molar-refractivity contribution in [3.8, 4) is 11.5 Å². The molecule has 0 aliphatic heterocycles. The number of para-hydroxylation sites is 2. The highest BCUT2D eigenvalue weighted by Gasteiger charge is 2.28. The summed E-state index contributed by atoms with van der Waals surface area (Å²) in [5.74, 6) is 0.866. The summed E-state index contributed by atoms with van der Waals surface area (Å²) in [6, 6.07) is 11.8. The molecule has 0 bridgehead atoms. The topological polar surface area (TPSA) is 93.7 Å². The Bertz CT molecular complexity index is 955. The van der Waals surface area contributed by atoms with Gasteiger partial charge in [0.15, 0.2) is 11.5 Å². The monoisotopic (exact) mass is 404 g/mol. The van der Waals surface area contributed by atoms with Gasteiger partial charge in [0.25, 0.3) is 5.91 Å². The van der Waals surface area contributed by atoms with Gasteiger partial charge in [0.1, 0.15) is 6.61 Å². The zero-order valence-electron chi connectivity index (χ0n) is 15.9. The van der Waals surface area contributed by atoms with Crippen molar-refractivity contribution in [2.24, 2.45) is 0 Å². The minimum Gasteiger partial charge on any atom is -0.493 e. The zero-order valence-corrected chi connectivity index (χ0v) is 16.7. The number of carbonyl (C=O) groups is 1. The Labute approximate surface area is 165 Å². The van der Waals surface area contributed by atoms with E-state index in [9.17, 15) is 13.2 Å². The maximum atomic E-state index is 12.5. The summed E-state index contributed by atoms with van der Waals surface area (Å²) in [6.07, 6.45) is 1.70. The lowest BCUT2D eigenvalue weighted by atomic mass is 10.1. The standard InChI is InChI=1S/C20H24N2O5S/c1-14-7-10-16(28(24,25)22-15-8-9-15)13-17(14)20(23)21-11-12-27-19-6-4-3-5-18(19)26-2/h3-7,10,13,15,22H,8-9,11-12H2,1-2H3,(H,21,23). The maximum Gasteiger partial charge on any atom is 0.251 e. The molecule has 2 aromatic carbocycles. The summed E-state index contributed by atoms with van der Waals surface area (Å²) in [5, 5.41) is 2.76. The fourth-order valence-corrected chi connectivity index (χ4v) is 3.99. The number of amides is 1. The molecule has 1 aliphatic carbocycles. The van der Waals surface area contributed by atoms with Crippen LogP contribution in [0, 0.1) is 6.92 Å². The molecule has 150 valence electrons. The predicted molar refractivity (Wildman–Crippen MR) is 105 cm³/mol. The van der Waals surface area contributed by atoms with Crippen molar-refractivity contribution in [1.29, 1.82) is 0 Å². The van der Waals surface area contributed by atoms with Crippen LogP contribution in [-0.2, 0) is 10.0 Å². The van der Waals surface area contributed by atoms with Gasteiger partial charge in [-0.3, -0.25) is 4.79 Å². The second-order valence-electron chi connectivity index (χ2n) is 6.63. The number of aryl methyl sites for hydroxylation is 1. The fraction of sp³-hybridized carbons (Fsp3) is 0.350. The summed E-state index contributed by atoms with van der Waals surface area (Å²) >= 11 is 0. The highest BCUT2D eigenvalue weighted by atomic mass is 32.2. The molecule has 0 spiro atoms.